The molecular formula is C21H31IN4O3. The number of carbonyl (C=O) groups is 1. The van der Waals surface area contributed by atoms with Crippen LogP contribution in [0.1, 0.15) is 46.9 Å². The molecule has 0 aliphatic carbocycles. The van der Waals surface area contributed by atoms with Gasteiger partial charge in [-0.25, -0.2) is 4.99 Å². The van der Waals surface area contributed by atoms with Crippen LogP contribution in [0.15, 0.2) is 39.7 Å². The topological polar surface area (TPSA) is 98.9 Å². The van der Waals surface area contributed by atoms with Gasteiger partial charge in [0.2, 0.25) is 0 Å². The van der Waals surface area contributed by atoms with Crippen molar-refractivity contribution in [1.82, 2.24) is 16.0 Å². The number of rotatable bonds is 7. The van der Waals surface area contributed by atoms with Crippen molar-refractivity contribution in [2.24, 2.45) is 4.99 Å². The Hall–Kier alpha value is -2.07. The van der Waals surface area contributed by atoms with Crippen LogP contribution in [-0.4, -0.2) is 37.1 Å². The summed E-state index contributed by atoms with van der Waals surface area (Å²) in [4.78, 5) is 16.2. The molecule has 1 heterocycles. The van der Waals surface area contributed by atoms with Crippen LogP contribution in [-0.2, 0) is 12.1 Å². The van der Waals surface area contributed by atoms with Gasteiger partial charge in [0.1, 0.15) is 17.1 Å². The second kappa shape index (κ2) is 11.2. The maximum Gasteiger partial charge on any atom is 0.251 e. The van der Waals surface area contributed by atoms with Gasteiger partial charge in [-0.3, -0.25) is 4.79 Å². The molecule has 1 amide bonds. The molecule has 160 valence electrons. The predicted octanol–water partition coefficient (Wildman–Crippen LogP) is 2.84. The van der Waals surface area contributed by atoms with Crippen molar-refractivity contribution in [3.05, 3.63) is 58.5 Å². The van der Waals surface area contributed by atoms with Crippen LogP contribution < -0.4 is 16.0 Å². The zero-order chi connectivity index (χ0) is 20.7. The fourth-order valence-corrected chi connectivity index (χ4v) is 2.93. The van der Waals surface area contributed by atoms with E-state index in [4.69, 9.17) is 4.42 Å². The fraction of sp³-hybridized carbons (Fsp3) is 0.429. The standard InChI is InChI=1S/C21H30N4O3.HI/c1-6-23-20(24-12-16-7-9-17(10-8-16)19(26)22-5)25-13-21(4,27)18-11-14(2)28-15(18)3;/h7-11,27H,6,12-13H2,1-5H3,(H,22,26)(H2,23,24,25);1H. The summed E-state index contributed by atoms with van der Waals surface area (Å²) in [6.45, 7) is 8.88. The van der Waals surface area contributed by atoms with Crippen molar-refractivity contribution in [3.63, 3.8) is 0 Å². The highest BCUT2D eigenvalue weighted by Gasteiger charge is 2.27. The second-order valence-corrected chi connectivity index (χ2v) is 6.93. The molecule has 8 heteroatoms. The van der Waals surface area contributed by atoms with Crippen LogP contribution in [0.5, 0.6) is 0 Å². The Morgan fingerprint density at radius 3 is 2.38 bits per heavy atom. The van der Waals surface area contributed by atoms with Crippen LogP contribution in [0.2, 0.25) is 0 Å². The number of aliphatic imine (C=N–C) groups is 1. The van der Waals surface area contributed by atoms with Crippen LogP contribution in [0, 0.1) is 13.8 Å². The van der Waals surface area contributed by atoms with E-state index in [9.17, 15) is 9.90 Å². The van der Waals surface area contributed by atoms with Gasteiger partial charge in [-0.2, -0.15) is 0 Å². The molecule has 1 unspecified atom stereocenters. The van der Waals surface area contributed by atoms with E-state index in [2.05, 4.69) is 20.9 Å². The Bertz CT molecular complexity index is 829. The summed E-state index contributed by atoms with van der Waals surface area (Å²) in [5.41, 5.74) is 1.27. The summed E-state index contributed by atoms with van der Waals surface area (Å²) in [7, 11) is 1.61. The normalized spacial score (nSPS) is 13.2. The number of nitrogens with one attached hydrogen (secondary N) is 3. The van der Waals surface area contributed by atoms with E-state index >= 15 is 0 Å². The monoisotopic (exact) mass is 514 g/mol. The van der Waals surface area contributed by atoms with Crippen LogP contribution in [0.25, 0.3) is 0 Å². The second-order valence-electron chi connectivity index (χ2n) is 6.93. The van der Waals surface area contributed by atoms with E-state index in [0.717, 1.165) is 16.9 Å². The predicted molar refractivity (Wildman–Crippen MR) is 126 cm³/mol. The molecule has 7 nitrogen and oxygen atoms in total. The van der Waals surface area contributed by atoms with Gasteiger partial charge >= 0.3 is 0 Å². The third-order valence-corrected chi connectivity index (χ3v) is 4.43. The molecule has 0 aliphatic rings. The van der Waals surface area contributed by atoms with E-state index in [0.29, 0.717) is 30.4 Å². The minimum atomic E-state index is -1.09. The van der Waals surface area contributed by atoms with Crippen molar-refractivity contribution in [2.45, 2.75) is 39.8 Å². The van der Waals surface area contributed by atoms with Gasteiger partial charge in [0.15, 0.2) is 5.96 Å². The Morgan fingerprint density at radius 1 is 1.21 bits per heavy atom. The van der Waals surface area contributed by atoms with E-state index in [1.807, 2.05) is 39.0 Å². The molecule has 2 aromatic rings. The van der Waals surface area contributed by atoms with Crippen molar-refractivity contribution in [1.29, 1.82) is 0 Å². The zero-order valence-corrected chi connectivity index (χ0v) is 20.0. The van der Waals surface area contributed by atoms with E-state index in [1.165, 1.54) is 0 Å². The quantitative estimate of drug-likeness (QED) is 0.259. The molecule has 0 spiro atoms. The lowest BCUT2D eigenvalue weighted by atomic mass is 9.96. The minimum Gasteiger partial charge on any atom is -0.466 e. The molecular weight excluding hydrogens is 483 g/mol. The first kappa shape index (κ1) is 25.0. The SMILES string of the molecule is CCNC(=NCc1ccc(C(=O)NC)cc1)NCC(C)(O)c1cc(C)oc1C.I. The first-order valence-electron chi connectivity index (χ1n) is 9.40. The number of amides is 1. The third kappa shape index (κ3) is 7.04. The lowest BCUT2D eigenvalue weighted by Gasteiger charge is -2.24. The van der Waals surface area contributed by atoms with Gasteiger partial charge in [-0.05, 0) is 51.5 Å². The lowest BCUT2D eigenvalue weighted by Crippen LogP contribution is -2.44. The van der Waals surface area contributed by atoms with Crippen LogP contribution in [0.3, 0.4) is 0 Å². The molecule has 1 aromatic heterocycles. The van der Waals surface area contributed by atoms with Crippen molar-refractivity contribution in [3.8, 4) is 0 Å². The number of benzene rings is 1. The number of guanidine groups is 1. The summed E-state index contributed by atoms with van der Waals surface area (Å²) in [6, 6.07) is 9.17. The number of aryl methyl sites for hydroxylation is 2. The highest BCUT2D eigenvalue weighted by molar-refractivity contribution is 14.0. The molecule has 0 aliphatic heterocycles. The van der Waals surface area contributed by atoms with Gasteiger partial charge in [0.25, 0.3) is 5.91 Å². The maximum atomic E-state index is 11.6. The summed E-state index contributed by atoms with van der Waals surface area (Å²) >= 11 is 0. The largest absolute Gasteiger partial charge is 0.466 e. The average Bonchev–Trinajstić information content (AvgIpc) is 3.03. The number of furan rings is 1. The molecule has 4 N–H and O–H groups in total. The molecule has 0 saturated heterocycles. The van der Waals surface area contributed by atoms with Gasteiger partial charge in [-0.15, -0.1) is 24.0 Å². The number of hydrogen-bond acceptors (Lipinski definition) is 4. The Kier molecular flexibility index (Phi) is 9.64. The highest BCUT2D eigenvalue weighted by Crippen LogP contribution is 2.26. The Morgan fingerprint density at radius 2 is 1.86 bits per heavy atom. The number of nitrogens with zero attached hydrogens (tertiary/aromatic N) is 1. The molecule has 1 aromatic carbocycles. The molecule has 0 radical (unpaired) electrons. The van der Waals surface area contributed by atoms with Crippen LogP contribution in [0.4, 0.5) is 0 Å². The number of aliphatic hydroxyl groups is 1. The lowest BCUT2D eigenvalue weighted by molar-refractivity contribution is 0.0601. The molecule has 1 atom stereocenters. The summed E-state index contributed by atoms with van der Waals surface area (Å²) in [6.07, 6.45) is 0. The number of halogens is 1. The minimum absolute atomic E-state index is 0. The smallest absolute Gasteiger partial charge is 0.251 e. The first-order chi connectivity index (χ1) is 13.3. The molecule has 0 saturated carbocycles. The molecule has 0 bridgehead atoms. The highest BCUT2D eigenvalue weighted by atomic mass is 127. The van der Waals surface area contributed by atoms with E-state index < -0.39 is 5.60 Å². The molecule has 2 rings (SSSR count). The molecule has 0 fully saturated rings. The van der Waals surface area contributed by atoms with Crippen molar-refractivity contribution in [2.75, 3.05) is 20.1 Å². The summed E-state index contributed by atoms with van der Waals surface area (Å²) < 4.78 is 5.53. The van der Waals surface area contributed by atoms with Gasteiger partial charge in [-0.1, -0.05) is 12.1 Å². The number of carbonyl (C=O) groups excluding carboxylic acids is 1. The summed E-state index contributed by atoms with van der Waals surface area (Å²) in [5, 5.41) is 19.8. The number of hydrogen-bond donors (Lipinski definition) is 4. The zero-order valence-electron chi connectivity index (χ0n) is 17.6. The van der Waals surface area contributed by atoms with Gasteiger partial charge in [0.05, 0.1) is 13.1 Å². The summed E-state index contributed by atoms with van der Waals surface area (Å²) in [5.74, 6) is 1.98. The Labute approximate surface area is 189 Å². The van der Waals surface area contributed by atoms with Crippen LogP contribution >= 0.6 is 24.0 Å². The average molecular weight is 514 g/mol. The maximum absolute atomic E-state index is 11.6. The Balaban J connectivity index is 0.00000420. The first-order valence-corrected chi connectivity index (χ1v) is 9.40. The van der Waals surface area contributed by atoms with E-state index in [-0.39, 0.29) is 36.4 Å². The van der Waals surface area contributed by atoms with Gasteiger partial charge < -0.3 is 25.5 Å². The molecule has 29 heavy (non-hydrogen) atoms. The fourth-order valence-electron chi connectivity index (χ4n) is 2.93. The van der Waals surface area contributed by atoms with Crippen molar-refractivity contribution >= 4 is 35.8 Å². The van der Waals surface area contributed by atoms with E-state index in [1.54, 1.807) is 26.1 Å². The third-order valence-electron chi connectivity index (χ3n) is 4.43. The van der Waals surface area contributed by atoms with Crippen molar-refractivity contribution < 1.29 is 14.3 Å². The van der Waals surface area contributed by atoms with Gasteiger partial charge in [0, 0.05) is 24.7 Å².